The van der Waals surface area contributed by atoms with Crippen LogP contribution in [0.25, 0.3) is 10.9 Å². The summed E-state index contributed by atoms with van der Waals surface area (Å²) in [6.07, 6.45) is 5.42. The third-order valence-corrected chi connectivity index (χ3v) is 5.51. The first kappa shape index (κ1) is 19.3. The summed E-state index contributed by atoms with van der Waals surface area (Å²) in [4.78, 5) is 23.4. The number of hydrogen-bond acceptors (Lipinski definition) is 5. The van der Waals surface area contributed by atoms with Gasteiger partial charge in [0.2, 0.25) is 0 Å². The maximum absolute atomic E-state index is 12.2. The van der Waals surface area contributed by atoms with Crippen LogP contribution in [0.4, 0.5) is 4.79 Å². The molecular formula is C21H27NO5. The lowest BCUT2D eigenvalue weighted by Gasteiger charge is -2.23. The fraction of sp³-hybridized carbons (Fsp3) is 0.524. The molecule has 1 fully saturated rings. The van der Waals surface area contributed by atoms with Crippen LogP contribution in [0.5, 0.6) is 5.75 Å². The fourth-order valence-electron chi connectivity index (χ4n) is 4.06. The zero-order valence-corrected chi connectivity index (χ0v) is 16.2. The number of methoxy groups -OCH3 is 2. The number of rotatable bonds is 5. The molecule has 1 aromatic carbocycles. The number of esters is 1. The van der Waals surface area contributed by atoms with Gasteiger partial charge < -0.3 is 18.8 Å². The summed E-state index contributed by atoms with van der Waals surface area (Å²) in [5, 5.41) is 0.962. The number of fused-ring (bicyclic) bond motifs is 1. The molecule has 1 saturated carbocycles. The summed E-state index contributed by atoms with van der Waals surface area (Å²) in [5.74, 6) is 0.773. The number of carbonyl (C=O) groups excluding carboxylic acids is 2. The second kappa shape index (κ2) is 8.46. The van der Waals surface area contributed by atoms with Gasteiger partial charge in [0.05, 0.1) is 20.6 Å². The predicted molar refractivity (Wildman–Crippen MR) is 102 cm³/mol. The standard InChI is InChI=1S/C21H27NO5/c1-14-17(12-20(23)27-21(24)26-3)18-11-16(25-2)9-10-19(18)22(14)13-15-7-5-4-6-8-15/h9-11,15H,4-8,12-13H2,1-3H3. The molecule has 0 atom stereocenters. The van der Waals surface area contributed by atoms with Crippen LogP contribution in [-0.2, 0) is 27.2 Å². The Bertz CT molecular complexity index is 833. The van der Waals surface area contributed by atoms with Crippen LogP contribution >= 0.6 is 0 Å². The molecule has 2 aromatic rings. The summed E-state index contributed by atoms with van der Waals surface area (Å²) in [6, 6.07) is 5.93. The van der Waals surface area contributed by atoms with Crippen LogP contribution in [0, 0.1) is 12.8 Å². The highest BCUT2D eigenvalue weighted by molar-refractivity contribution is 5.92. The predicted octanol–water partition coefficient (Wildman–Crippen LogP) is 4.39. The molecule has 1 aliphatic carbocycles. The molecule has 1 aliphatic rings. The first-order valence-electron chi connectivity index (χ1n) is 9.47. The summed E-state index contributed by atoms with van der Waals surface area (Å²) in [6.45, 7) is 2.97. The average molecular weight is 373 g/mol. The van der Waals surface area contributed by atoms with Gasteiger partial charge in [-0.1, -0.05) is 19.3 Å². The molecule has 6 nitrogen and oxygen atoms in total. The number of carbonyl (C=O) groups is 2. The van der Waals surface area contributed by atoms with Crippen molar-refractivity contribution in [1.82, 2.24) is 4.57 Å². The Morgan fingerprint density at radius 3 is 2.56 bits per heavy atom. The van der Waals surface area contributed by atoms with E-state index in [1.807, 2.05) is 25.1 Å². The summed E-state index contributed by atoms with van der Waals surface area (Å²) in [7, 11) is 2.81. The third kappa shape index (κ3) is 4.26. The zero-order chi connectivity index (χ0) is 19.4. The second-order valence-corrected chi connectivity index (χ2v) is 7.17. The molecule has 0 spiro atoms. The number of benzene rings is 1. The lowest BCUT2D eigenvalue weighted by molar-refractivity contribution is -0.138. The van der Waals surface area contributed by atoms with E-state index in [-0.39, 0.29) is 6.42 Å². The first-order valence-corrected chi connectivity index (χ1v) is 9.47. The Balaban J connectivity index is 1.96. The highest BCUT2D eigenvalue weighted by Crippen LogP contribution is 2.33. The van der Waals surface area contributed by atoms with Gasteiger partial charge in [0, 0.05) is 23.1 Å². The van der Waals surface area contributed by atoms with Crippen molar-refractivity contribution in [3.05, 3.63) is 29.5 Å². The molecule has 6 heteroatoms. The summed E-state index contributed by atoms with van der Waals surface area (Å²) < 4.78 is 16.8. The Morgan fingerprint density at radius 2 is 1.89 bits per heavy atom. The van der Waals surface area contributed by atoms with E-state index < -0.39 is 12.1 Å². The van der Waals surface area contributed by atoms with Crippen LogP contribution in [0.1, 0.15) is 43.4 Å². The van der Waals surface area contributed by atoms with Crippen molar-refractivity contribution in [2.45, 2.75) is 52.0 Å². The van der Waals surface area contributed by atoms with Crippen molar-refractivity contribution in [2.75, 3.05) is 14.2 Å². The highest BCUT2D eigenvalue weighted by Gasteiger charge is 2.22. The van der Waals surface area contributed by atoms with Gasteiger partial charge in [0.25, 0.3) is 0 Å². The largest absolute Gasteiger partial charge is 0.515 e. The van der Waals surface area contributed by atoms with Gasteiger partial charge >= 0.3 is 12.1 Å². The van der Waals surface area contributed by atoms with E-state index in [1.54, 1.807) is 7.11 Å². The zero-order valence-electron chi connectivity index (χ0n) is 16.2. The van der Waals surface area contributed by atoms with Crippen LogP contribution in [0.2, 0.25) is 0 Å². The Labute approximate surface area is 159 Å². The molecule has 0 N–H and O–H groups in total. The monoisotopic (exact) mass is 373 g/mol. The van der Waals surface area contributed by atoms with Gasteiger partial charge in [-0.15, -0.1) is 0 Å². The molecule has 1 heterocycles. The topological polar surface area (TPSA) is 66.8 Å². The number of aromatic nitrogens is 1. The Hall–Kier alpha value is -2.50. The van der Waals surface area contributed by atoms with Crippen molar-refractivity contribution < 1.29 is 23.8 Å². The number of hydrogen-bond donors (Lipinski definition) is 0. The smallest absolute Gasteiger partial charge is 0.497 e. The maximum Gasteiger partial charge on any atom is 0.515 e. The van der Waals surface area contributed by atoms with E-state index >= 15 is 0 Å². The molecule has 0 bridgehead atoms. The van der Waals surface area contributed by atoms with Crippen molar-refractivity contribution >= 4 is 23.0 Å². The number of ether oxygens (including phenoxy) is 3. The van der Waals surface area contributed by atoms with E-state index in [4.69, 9.17) is 4.74 Å². The molecule has 0 aliphatic heterocycles. The normalized spacial score (nSPS) is 14.9. The van der Waals surface area contributed by atoms with Gasteiger partial charge in [0.1, 0.15) is 5.75 Å². The molecule has 27 heavy (non-hydrogen) atoms. The summed E-state index contributed by atoms with van der Waals surface area (Å²) >= 11 is 0. The minimum Gasteiger partial charge on any atom is -0.497 e. The van der Waals surface area contributed by atoms with Crippen molar-refractivity contribution in [2.24, 2.45) is 5.92 Å². The molecule has 1 aromatic heterocycles. The molecule has 0 radical (unpaired) electrons. The average Bonchev–Trinajstić information content (AvgIpc) is 2.93. The quantitative estimate of drug-likeness (QED) is 0.574. The molecule has 146 valence electrons. The third-order valence-electron chi connectivity index (χ3n) is 5.51. The molecule has 0 saturated heterocycles. The van der Waals surface area contributed by atoms with Crippen molar-refractivity contribution in [1.29, 1.82) is 0 Å². The first-order chi connectivity index (χ1) is 13.0. The van der Waals surface area contributed by atoms with E-state index in [2.05, 4.69) is 14.0 Å². The van der Waals surface area contributed by atoms with Crippen molar-refractivity contribution in [3.63, 3.8) is 0 Å². The Kier molecular flexibility index (Phi) is 6.04. The van der Waals surface area contributed by atoms with E-state index in [9.17, 15) is 9.59 Å². The van der Waals surface area contributed by atoms with Gasteiger partial charge in [-0.25, -0.2) is 4.79 Å². The van der Waals surface area contributed by atoms with Crippen LogP contribution in [0.3, 0.4) is 0 Å². The van der Waals surface area contributed by atoms with E-state index in [0.717, 1.165) is 34.5 Å². The number of nitrogens with zero attached hydrogens (tertiary/aromatic N) is 1. The van der Waals surface area contributed by atoms with E-state index in [0.29, 0.717) is 5.92 Å². The second-order valence-electron chi connectivity index (χ2n) is 7.17. The van der Waals surface area contributed by atoms with E-state index in [1.165, 1.54) is 39.2 Å². The summed E-state index contributed by atoms with van der Waals surface area (Å²) in [5.41, 5.74) is 2.99. The highest BCUT2D eigenvalue weighted by atomic mass is 16.7. The van der Waals surface area contributed by atoms with Gasteiger partial charge in [-0.05, 0) is 49.4 Å². The minimum atomic E-state index is -0.985. The van der Waals surface area contributed by atoms with Crippen LogP contribution < -0.4 is 4.74 Å². The maximum atomic E-state index is 12.2. The molecule has 0 unspecified atom stereocenters. The fourth-order valence-corrected chi connectivity index (χ4v) is 4.06. The Morgan fingerprint density at radius 1 is 1.15 bits per heavy atom. The van der Waals surface area contributed by atoms with Crippen LogP contribution in [-0.4, -0.2) is 30.9 Å². The van der Waals surface area contributed by atoms with Crippen molar-refractivity contribution in [3.8, 4) is 5.75 Å². The molecule has 0 amide bonds. The van der Waals surface area contributed by atoms with Gasteiger partial charge in [-0.3, -0.25) is 4.79 Å². The lowest BCUT2D eigenvalue weighted by atomic mass is 9.89. The minimum absolute atomic E-state index is 0.0161. The SMILES string of the molecule is COC(=O)OC(=O)Cc1c(C)n(CC2CCCCC2)c2ccc(OC)cc12. The van der Waals surface area contributed by atoms with Crippen LogP contribution in [0.15, 0.2) is 18.2 Å². The van der Waals surface area contributed by atoms with Gasteiger partial charge in [-0.2, -0.15) is 0 Å². The molecule has 3 rings (SSSR count). The lowest BCUT2D eigenvalue weighted by Crippen LogP contribution is -2.16. The molecular weight excluding hydrogens is 346 g/mol. The van der Waals surface area contributed by atoms with Gasteiger partial charge in [0.15, 0.2) is 0 Å².